The lowest BCUT2D eigenvalue weighted by Crippen LogP contribution is -2.39. The maximum absolute atomic E-state index is 5.69. The number of ether oxygens (including phenoxy) is 2. The van der Waals surface area contributed by atoms with E-state index in [1.54, 1.807) is 14.2 Å². The minimum atomic E-state index is 0. The normalized spacial score (nSPS) is 16.9. The molecule has 1 aromatic rings. The average Bonchev–Trinajstić information content (AvgIpc) is 3.14. The van der Waals surface area contributed by atoms with E-state index >= 15 is 0 Å². The van der Waals surface area contributed by atoms with E-state index in [2.05, 4.69) is 28.6 Å². The Hall–Kier alpha value is -0.830. The lowest BCUT2D eigenvalue weighted by molar-refractivity contribution is 0.294. The molecular weight excluding hydrogens is 449 g/mol. The van der Waals surface area contributed by atoms with Gasteiger partial charge in [0.05, 0.1) is 13.7 Å². The highest BCUT2D eigenvalue weighted by Crippen LogP contribution is 2.28. The third kappa shape index (κ3) is 7.52. The average molecular weight is 479 g/mol. The molecule has 1 atom stereocenters. The molecule has 1 aliphatic heterocycles. The Labute approximate surface area is 172 Å². The Morgan fingerprint density at radius 2 is 2.16 bits per heavy atom. The predicted octanol–water partition coefficient (Wildman–Crippen LogP) is 3.66. The van der Waals surface area contributed by atoms with Crippen molar-refractivity contribution >= 4 is 41.7 Å². The van der Waals surface area contributed by atoms with Crippen LogP contribution in [0.1, 0.15) is 31.7 Å². The fourth-order valence-corrected chi connectivity index (χ4v) is 3.78. The van der Waals surface area contributed by atoms with Gasteiger partial charge in [0.1, 0.15) is 0 Å². The van der Waals surface area contributed by atoms with Crippen molar-refractivity contribution in [2.45, 2.75) is 38.0 Å². The summed E-state index contributed by atoms with van der Waals surface area (Å²) in [7, 11) is 3.48. The van der Waals surface area contributed by atoms with Crippen LogP contribution in [0.4, 0.5) is 0 Å². The van der Waals surface area contributed by atoms with Crippen molar-refractivity contribution in [1.29, 1.82) is 0 Å². The zero-order valence-electron chi connectivity index (χ0n) is 15.3. The molecule has 1 aromatic carbocycles. The van der Waals surface area contributed by atoms with Gasteiger partial charge in [-0.2, -0.15) is 11.8 Å². The molecule has 1 aliphatic rings. The number of methoxy groups -OCH3 is 1. The van der Waals surface area contributed by atoms with Crippen LogP contribution in [0.25, 0.3) is 0 Å². The van der Waals surface area contributed by atoms with Crippen LogP contribution in [0.15, 0.2) is 23.2 Å². The number of aliphatic imine (C=N–C) groups is 1. The van der Waals surface area contributed by atoms with Crippen molar-refractivity contribution in [3.05, 3.63) is 23.8 Å². The minimum absolute atomic E-state index is 0. The summed E-state index contributed by atoms with van der Waals surface area (Å²) < 4.78 is 11.1. The largest absolute Gasteiger partial charge is 0.493 e. The molecule has 1 saturated heterocycles. The lowest BCUT2D eigenvalue weighted by atomic mass is 10.2. The van der Waals surface area contributed by atoms with Crippen LogP contribution in [0.5, 0.6) is 11.5 Å². The number of benzene rings is 1. The fraction of sp³-hybridized carbons (Fsp3) is 0.611. The molecule has 0 spiro atoms. The third-order valence-corrected chi connectivity index (χ3v) is 5.29. The summed E-state index contributed by atoms with van der Waals surface area (Å²) in [5.41, 5.74) is 1.13. The quantitative estimate of drug-likeness (QED) is 0.339. The summed E-state index contributed by atoms with van der Waals surface area (Å²) in [6, 6.07) is 6.04. The third-order valence-electron chi connectivity index (χ3n) is 3.89. The first-order valence-corrected chi connectivity index (χ1v) is 9.67. The van der Waals surface area contributed by atoms with Crippen LogP contribution < -0.4 is 20.1 Å². The summed E-state index contributed by atoms with van der Waals surface area (Å²) in [6.07, 6.45) is 3.61. The van der Waals surface area contributed by atoms with Gasteiger partial charge in [0.15, 0.2) is 17.5 Å². The summed E-state index contributed by atoms with van der Waals surface area (Å²) in [5.74, 6) is 3.69. The molecule has 0 saturated carbocycles. The number of halogens is 1. The molecule has 0 amide bonds. The molecule has 25 heavy (non-hydrogen) atoms. The van der Waals surface area contributed by atoms with Crippen molar-refractivity contribution in [2.24, 2.45) is 4.99 Å². The van der Waals surface area contributed by atoms with E-state index in [9.17, 15) is 0 Å². The molecule has 1 unspecified atom stereocenters. The molecule has 1 fully saturated rings. The number of rotatable bonds is 8. The van der Waals surface area contributed by atoms with Crippen molar-refractivity contribution in [1.82, 2.24) is 10.6 Å². The standard InChI is InChI=1S/C18H29N3O2S.HI/c1-4-9-23-16-8-7-14(11-17(16)22-3)12-20-18(19-2)21-13-15-6-5-10-24-15;/h7-8,11,15H,4-6,9-10,12-13H2,1-3H3,(H2,19,20,21);1H. The van der Waals surface area contributed by atoms with Gasteiger partial charge in [-0.25, -0.2) is 0 Å². The van der Waals surface area contributed by atoms with Crippen LogP contribution in [0.2, 0.25) is 0 Å². The van der Waals surface area contributed by atoms with E-state index in [1.165, 1.54) is 18.6 Å². The van der Waals surface area contributed by atoms with Crippen LogP contribution in [-0.2, 0) is 6.54 Å². The molecular formula is C18H30IN3O2S. The van der Waals surface area contributed by atoms with E-state index in [-0.39, 0.29) is 24.0 Å². The number of hydrogen-bond acceptors (Lipinski definition) is 4. The van der Waals surface area contributed by atoms with Gasteiger partial charge < -0.3 is 20.1 Å². The maximum atomic E-state index is 5.69. The minimum Gasteiger partial charge on any atom is -0.493 e. The lowest BCUT2D eigenvalue weighted by Gasteiger charge is -2.16. The Morgan fingerprint density at radius 3 is 2.80 bits per heavy atom. The molecule has 5 nitrogen and oxygen atoms in total. The highest BCUT2D eigenvalue weighted by molar-refractivity contribution is 14.0. The smallest absolute Gasteiger partial charge is 0.191 e. The van der Waals surface area contributed by atoms with Gasteiger partial charge in [-0.1, -0.05) is 13.0 Å². The van der Waals surface area contributed by atoms with E-state index in [0.717, 1.165) is 36.0 Å². The monoisotopic (exact) mass is 479 g/mol. The molecule has 0 aromatic heterocycles. The summed E-state index contributed by atoms with van der Waals surface area (Å²) >= 11 is 2.05. The highest BCUT2D eigenvalue weighted by Gasteiger charge is 2.15. The second kappa shape index (κ2) is 12.5. The fourth-order valence-electron chi connectivity index (χ4n) is 2.58. The SMILES string of the molecule is CCCOc1ccc(CNC(=NC)NCC2CCCS2)cc1OC.I. The second-order valence-corrected chi connectivity index (χ2v) is 7.18. The van der Waals surface area contributed by atoms with Gasteiger partial charge in [-0.05, 0) is 42.7 Å². The molecule has 2 rings (SSSR count). The summed E-state index contributed by atoms with van der Waals surface area (Å²) in [6.45, 7) is 4.45. The number of hydrogen-bond donors (Lipinski definition) is 2. The van der Waals surface area contributed by atoms with Crippen LogP contribution in [0.3, 0.4) is 0 Å². The topological polar surface area (TPSA) is 54.9 Å². The van der Waals surface area contributed by atoms with Crippen molar-refractivity contribution in [3.63, 3.8) is 0 Å². The first kappa shape index (κ1) is 22.2. The zero-order chi connectivity index (χ0) is 17.2. The maximum Gasteiger partial charge on any atom is 0.191 e. The van der Waals surface area contributed by atoms with Gasteiger partial charge >= 0.3 is 0 Å². The number of thioether (sulfide) groups is 1. The predicted molar refractivity (Wildman–Crippen MR) is 118 cm³/mol. The first-order valence-electron chi connectivity index (χ1n) is 8.62. The first-order chi connectivity index (χ1) is 11.8. The molecule has 0 radical (unpaired) electrons. The summed E-state index contributed by atoms with van der Waals surface area (Å²) in [4.78, 5) is 4.29. The van der Waals surface area contributed by atoms with E-state index in [0.29, 0.717) is 18.4 Å². The van der Waals surface area contributed by atoms with Crippen molar-refractivity contribution in [2.75, 3.05) is 33.1 Å². The van der Waals surface area contributed by atoms with Gasteiger partial charge in [0.25, 0.3) is 0 Å². The molecule has 0 aliphatic carbocycles. The van der Waals surface area contributed by atoms with E-state index in [1.807, 2.05) is 23.9 Å². The summed E-state index contributed by atoms with van der Waals surface area (Å²) in [5, 5.41) is 7.48. The van der Waals surface area contributed by atoms with E-state index in [4.69, 9.17) is 9.47 Å². The Kier molecular flexibility index (Phi) is 11.1. The molecule has 2 N–H and O–H groups in total. The molecule has 142 valence electrons. The second-order valence-electron chi connectivity index (χ2n) is 5.78. The highest BCUT2D eigenvalue weighted by atomic mass is 127. The van der Waals surface area contributed by atoms with Gasteiger partial charge in [-0.15, -0.1) is 24.0 Å². The van der Waals surface area contributed by atoms with Crippen LogP contribution in [0, 0.1) is 0 Å². The van der Waals surface area contributed by atoms with Gasteiger partial charge in [0.2, 0.25) is 0 Å². The Morgan fingerprint density at radius 1 is 1.32 bits per heavy atom. The number of nitrogens with one attached hydrogen (secondary N) is 2. The molecule has 7 heteroatoms. The van der Waals surface area contributed by atoms with Gasteiger partial charge in [-0.3, -0.25) is 4.99 Å². The van der Waals surface area contributed by atoms with Crippen LogP contribution in [-0.4, -0.2) is 44.3 Å². The van der Waals surface area contributed by atoms with Crippen molar-refractivity contribution < 1.29 is 9.47 Å². The van der Waals surface area contributed by atoms with Gasteiger partial charge in [0, 0.05) is 25.4 Å². The van der Waals surface area contributed by atoms with E-state index < -0.39 is 0 Å². The Bertz CT molecular complexity index is 537. The number of guanidine groups is 1. The molecule has 1 heterocycles. The number of nitrogens with zero attached hydrogens (tertiary/aromatic N) is 1. The van der Waals surface area contributed by atoms with Crippen molar-refractivity contribution in [3.8, 4) is 11.5 Å². The Balaban J connectivity index is 0.00000312. The zero-order valence-corrected chi connectivity index (χ0v) is 18.5. The molecule has 0 bridgehead atoms. The van der Waals surface area contributed by atoms with Crippen LogP contribution >= 0.6 is 35.7 Å².